The molecule has 0 aromatic heterocycles. The average Bonchev–Trinajstić information content (AvgIpc) is 3.30. The number of amides is 3. The van der Waals surface area contributed by atoms with E-state index in [9.17, 15) is 9.59 Å². The third-order valence-corrected chi connectivity index (χ3v) is 6.00. The van der Waals surface area contributed by atoms with Gasteiger partial charge in [0.05, 0.1) is 13.2 Å². The number of rotatable bonds is 3. The molecule has 1 unspecified atom stereocenters. The summed E-state index contributed by atoms with van der Waals surface area (Å²) in [5, 5.41) is 0. The summed E-state index contributed by atoms with van der Waals surface area (Å²) in [5.74, 6) is 0.205. The first-order valence-electron chi connectivity index (χ1n) is 10.4. The van der Waals surface area contributed by atoms with Crippen molar-refractivity contribution in [2.45, 2.75) is 18.9 Å². The van der Waals surface area contributed by atoms with Crippen LogP contribution in [-0.2, 0) is 9.53 Å². The summed E-state index contributed by atoms with van der Waals surface area (Å²) < 4.78 is 5.35. The maximum atomic E-state index is 13.3. The van der Waals surface area contributed by atoms with Crippen molar-refractivity contribution < 1.29 is 14.3 Å². The predicted molar refractivity (Wildman–Crippen MR) is 106 cm³/mol. The van der Waals surface area contributed by atoms with E-state index in [4.69, 9.17) is 4.74 Å². The number of morpholine rings is 1. The van der Waals surface area contributed by atoms with Crippen LogP contribution in [0.1, 0.15) is 24.4 Å². The molecule has 7 heteroatoms. The van der Waals surface area contributed by atoms with Crippen LogP contribution in [0.25, 0.3) is 0 Å². The van der Waals surface area contributed by atoms with Crippen molar-refractivity contribution >= 4 is 11.9 Å². The predicted octanol–water partition coefficient (Wildman–Crippen LogP) is 1.42. The molecule has 3 amide bonds. The van der Waals surface area contributed by atoms with Gasteiger partial charge in [0.15, 0.2) is 0 Å². The minimum absolute atomic E-state index is 0.102. The lowest BCUT2D eigenvalue weighted by atomic mass is 10.0. The number of hydrogen-bond donors (Lipinski definition) is 0. The summed E-state index contributed by atoms with van der Waals surface area (Å²) in [6.45, 7) is 7.04. The Balaban J connectivity index is 1.43. The van der Waals surface area contributed by atoms with Gasteiger partial charge < -0.3 is 19.4 Å². The van der Waals surface area contributed by atoms with Crippen LogP contribution in [-0.4, -0.2) is 97.1 Å². The van der Waals surface area contributed by atoms with Crippen molar-refractivity contribution in [3.8, 4) is 0 Å². The number of ether oxygens (including phenoxy) is 1. The fraction of sp³-hybridized carbons (Fsp3) is 0.619. The molecule has 0 N–H and O–H groups in total. The number of hydrogen-bond acceptors (Lipinski definition) is 4. The first-order chi connectivity index (χ1) is 13.7. The fourth-order valence-corrected chi connectivity index (χ4v) is 4.38. The minimum atomic E-state index is -0.250. The lowest BCUT2D eigenvalue weighted by Gasteiger charge is -2.41. The molecule has 0 spiro atoms. The van der Waals surface area contributed by atoms with Gasteiger partial charge in [-0.25, -0.2) is 4.79 Å². The van der Waals surface area contributed by atoms with Crippen molar-refractivity contribution in [1.29, 1.82) is 0 Å². The second-order valence-corrected chi connectivity index (χ2v) is 7.75. The smallest absolute Gasteiger partial charge is 0.320 e. The summed E-state index contributed by atoms with van der Waals surface area (Å²) in [6, 6.07) is 9.92. The number of urea groups is 1. The molecule has 3 aliphatic rings. The molecule has 0 bridgehead atoms. The largest absolute Gasteiger partial charge is 0.378 e. The molecule has 0 saturated carbocycles. The van der Waals surface area contributed by atoms with Gasteiger partial charge in [0, 0.05) is 52.4 Å². The van der Waals surface area contributed by atoms with Crippen LogP contribution < -0.4 is 0 Å². The van der Waals surface area contributed by atoms with E-state index < -0.39 is 0 Å². The van der Waals surface area contributed by atoms with Crippen molar-refractivity contribution in [3.63, 3.8) is 0 Å². The zero-order chi connectivity index (χ0) is 19.3. The van der Waals surface area contributed by atoms with Crippen molar-refractivity contribution in [2.75, 3.05) is 65.6 Å². The van der Waals surface area contributed by atoms with Gasteiger partial charge in [-0.05, 0) is 18.4 Å². The molecule has 4 rings (SSSR count). The SMILES string of the molecule is O=C(C(c1ccccc1)N1CCN(C(=O)N2CCOCC2)CC1)N1CCCC1. The van der Waals surface area contributed by atoms with Gasteiger partial charge in [-0.15, -0.1) is 0 Å². The molecule has 0 radical (unpaired) electrons. The molecule has 28 heavy (non-hydrogen) atoms. The monoisotopic (exact) mass is 386 g/mol. The van der Waals surface area contributed by atoms with E-state index in [0.717, 1.165) is 44.6 Å². The number of piperazine rings is 1. The number of carbonyl (C=O) groups is 2. The Bertz CT molecular complexity index is 663. The van der Waals surface area contributed by atoms with Crippen molar-refractivity contribution in [2.24, 2.45) is 0 Å². The summed E-state index contributed by atoms with van der Waals surface area (Å²) >= 11 is 0. The highest BCUT2D eigenvalue weighted by Crippen LogP contribution is 2.26. The van der Waals surface area contributed by atoms with Crippen molar-refractivity contribution in [1.82, 2.24) is 19.6 Å². The van der Waals surface area contributed by atoms with E-state index in [2.05, 4.69) is 4.90 Å². The van der Waals surface area contributed by atoms with Crippen LogP contribution in [0.4, 0.5) is 4.79 Å². The van der Waals surface area contributed by atoms with E-state index in [0.29, 0.717) is 39.4 Å². The summed E-state index contributed by atoms with van der Waals surface area (Å²) in [6.07, 6.45) is 2.18. The second-order valence-electron chi connectivity index (χ2n) is 7.75. The summed E-state index contributed by atoms with van der Waals surface area (Å²) in [5.41, 5.74) is 1.05. The van der Waals surface area contributed by atoms with E-state index >= 15 is 0 Å². The van der Waals surface area contributed by atoms with E-state index in [-0.39, 0.29) is 18.0 Å². The number of likely N-dealkylation sites (tertiary alicyclic amines) is 1. The molecule has 0 aliphatic carbocycles. The number of nitrogens with zero attached hydrogens (tertiary/aromatic N) is 4. The maximum Gasteiger partial charge on any atom is 0.320 e. The van der Waals surface area contributed by atoms with Crippen LogP contribution in [0.3, 0.4) is 0 Å². The number of benzene rings is 1. The molecule has 3 aliphatic heterocycles. The van der Waals surface area contributed by atoms with Crippen molar-refractivity contribution in [3.05, 3.63) is 35.9 Å². The highest BCUT2D eigenvalue weighted by Gasteiger charge is 2.35. The van der Waals surface area contributed by atoms with E-state index in [1.807, 2.05) is 45.0 Å². The maximum absolute atomic E-state index is 13.3. The molecular formula is C21H30N4O3. The Morgan fingerprint density at radius 1 is 0.750 bits per heavy atom. The lowest BCUT2D eigenvalue weighted by molar-refractivity contribution is -0.136. The molecular weight excluding hydrogens is 356 g/mol. The summed E-state index contributed by atoms with van der Waals surface area (Å²) in [4.78, 5) is 34.1. The third kappa shape index (κ3) is 4.15. The van der Waals surface area contributed by atoms with Gasteiger partial charge >= 0.3 is 6.03 Å². The van der Waals surface area contributed by atoms with Crippen LogP contribution in [0.5, 0.6) is 0 Å². The topological polar surface area (TPSA) is 56.3 Å². The Morgan fingerprint density at radius 2 is 1.36 bits per heavy atom. The number of carbonyl (C=O) groups excluding carboxylic acids is 2. The van der Waals surface area contributed by atoms with Gasteiger partial charge in [-0.3, -0.25) is 9.69 Å². The van der Waals surface area contributed by atoms with Gasteiger partial charge in [0.2, 0.25) is 5.91 Å². The molecule has 1 aromatic carbocycles. The second kappa shape index (κ2) is 8.92. The van der Waals surface area contributed by atoms with Gasteiger partial charge in [-0.2, -0.15) is 0 Å². The van der Waals surface area contributed by atoms with Gasteiger partial charge in [0.25, 0.3) is 0 Å². The average molecular weight is 386 g/mol. The zero-order valence-corrected chi connectivity index (χ0v) is 16.5. The zero-order valence-electron chi connectivity index (χ0n) is 16.5. The van der Waals surface area contributed by atoms with Gasteiger partial charge in [-0.1, -0.05) is 30.3 Å². The van der Waals surface area contributed by atoms with Gasteiger partial charge in [0.1, 0.15) is 6.04 Å². The van der Waals surface area contributed by atoms with Crippen LogP contribution in [0.15, 0.2) is 30.3 Å². The summed E-state index contributed by atoms with van der Waals surface area (Å²) in [7, 11) is 0. The molecule has 152 valence electrons. The minimum Gasteiger partial charge on any atom is -0.378 e. The molecule has 7 nitrogen and oxygen atoms in total. The standard InChI is InChI=1S/C21H30N4O3/c26-20(23-8-4-5-9-23)19(18-6-2-1-3-7-18)22-10-12-24(13-11-22)21(27)25-14-16-28-17-15-25/h1-3,6-7,19H,4-5,8-17H2. The Hall–Kier alpha value is -2.12. The molecule has 3 heterocycles. The molecule has 1 aromatic rings. The van der Waals surface area contributed by atoms with E-state index in [1.54, 1.807) is 0 Å². The quantitative estimate of drug-likeness (QED) is 0.789. The Kier molecular flexibility index (Phi) is 6.12. The third-order valence-electron chi connectivity index (χ3n) is 6.00. The normalized spacial score (nSPS) is 22.4. The first-order valence-corrected chi connectivity index (χ1v) is 10.4. The van der Waals surface area contributed by atoms with Crippen LogP contribution >= 0.6 is 0 Å². The van der Waals surface area contributed by atoms with E-state index in [1.165, 1.54) is 0 Å². The van der Waals surface area contributed by atoms with Crippen LogP contribution in [0.2, 0.25) is 0 Å². The Morgan fingerprint density at radius 3 is 2.00 bits per heavy atom. The highest BCUT2D eigenvalue weighted by atomic mass is 16.5. The van der Waals surface area contributed by atoms with Crippen LogP contribution in [0, 0.1) is 0 Å². The fourth-order valence-electron chi connectivity index (χ4n) is 4.38. The highest BCUT2D eigenvalue weighted by molar-refractivity contribution is 5.83. The molecule has 1 atom stereocenters. The first kappa shape index (κ1) is 19.2. The Labute approximate surface area is 166 Å². The molecule has 3 fully saturated rings. The molecule has 3 saturated heterocycles. The lowest BCUT2D eigenvalue weighted by Crippen LogP contribution is -2.56.